The van der Waals surface area contributed by atoms with E-state index in [0.717, 1.165) is 37.1 Å². The van der Waals surface area contributed by atoms with Crippen molar-refractivity contribution in [2.24, 2.45) is 5.11 Å². The molecule has 9 nitrogen and oxygen atoms in total. The lowest BCUT2D eigenvalue weighted by Crippen LogP contribution is -2.44. The predicted molar refractivity (Wildman–Crippen MR) is 108 cm³/mol. The van der Waals surface area contributed by atoms with Gasteiger partial charge in [0.2, 0.25) is 5.95 Å². The highest BCUT2D eigenvalue weighted by Gasteiger charge is 2.12. The molecule has 0 radical (unpaired) electrons. The average Bonchev–Trinajstić information content (AvgIpc) is 2.75. The first-order valence-electron chi connectivity index (χ1n) is 8.99. The van der Waals surface area contributed by atoms with Crippen LogP contribution in [0.4, 0.5) is 11.6 Å². The van der Waals surface area contributed by atoms with Gasteiger partial charge in [-0.1, -0.05) is 18.2 Å². The van der Waals surface area contributed by atoms with Crippen molar-refractivity contribution in [3.63, 3.8) is 0 Å². The molecular weight excluding hydrogens is 356 g/mol. The number of nitrogens with one attached hydrogen (secondary N) is 4. The summed E-state index contributed by atoms with van der Waals surface area (Å²) in [6, 6.07) is 9.20. The number of nitrogens with zero attached hydrogens (tertiary/aromatic N) is 4. The van der Waals surface area contributed by atoms with Gasteiger partial charge in [-0.3, -0.25) is 4.79 Å². The van der Waals surface area contributed by atoms with Crippen LogP contribution in [0.15, 0.2) is 58.8 Å². The molecule has 9 heteroatoms. The van der Waals surface area contributed by atoms with Gasteiger partial charge in [-0.2, -0.15) is 5.11 Å². The SMILES string of the molecule is N=N/C(=C\Nc1cnc(N2CCNCC2)nc1)c1cc2ccccc2[nH]c1=O. The lowest BCUT2D eigenvalue weighted by atomic mass is 10.1. The monoisotopic (exact) mass is 376 g/mol. The Kier molecular flexibility index (Phi) is 5.07. The number of anilines is 2. The molecule has 2 aromatic heterocycles. The quantitative estimate of drug-likeness (QED) is 0.506. The zero-order valence-corrected chi connectivity index (χ0v) is 15.1. The Morgan fingerprint density at radius 2 is 1.96 bits per heavy atom. The van der Waals surface area contributed by atoms with Crippen LogP contribution < -0.4 is 21.1 Å². The number of hydrogen-bond acceptors (Lipinski definition) is 8. The van der Waals surface area contributed by atoms with Crippen LogP contribution in [0.1, 0.15) is 5.56 Å². The summed E-state index contributed by atoms with van der Waals surface area (Å²) < 4.78 is 0. The number of piperazine rings is 1. The topological polar surface area (TPSA) is 122 Å². The maximum Gasteiger partial charge on any atom is 0.258 e. The Labute approximate surface area is 161 Å². The fourth-order valence-electron chi connectivity index (χ4n) is 3.08. The molecule has 3 aromatic rings. The first-order valence-corrected chi connectivity index (χ1v) is 8.99. The molecule has 0 spiro atoms. The lowest BCUT2D eigenvalue weighted by Gasteiger charge is -2.27. The minimum atomic E-state index is -0.298. The Bertz CT molecular complexity index is 1070. The number of fused-ring (bicyclic) bond motifs is 1. The van der Waals surface area contributed by atoms with E-state index in [-0.39, 0.29) is 11.3 Å². The van der Waals surface area contributed by atoms with Gasteiger partial charge in [0.25, 0.3) is 5.56 Å². The first-order chi connectivity index (χ1) is 13.7. The molecule has 1 saturated heterocycles. The van der Waals surface area contributed by atoms with Crippen molar-refractivity contribution >= 4 is 28.2 Å². The molecule has 1 aliphatic heterocycles. The Morgan fingerprint density at radius 1 is 1.21 bits per heavy atom. The Balaban J connectivity index is 1.55. The molecule has 1 aromatic carbocycles. The largest absolute Gasteiger partial charge is 0.357 e. The zero-order chi connectivity index (χ0) is 19.3. The van der Waals surface area contributed by atoms with Gasteiger partial charge in [0.1, 0.15) is 5.70 Å². The van der Waals surface area contributed by atoms with Gasteiger partial charge < -0.3 is 20.5 Å². The van der Waals surface area contributed by atoms with Crippen LogP contribution in [0.25, 0.3) is 16.6 Å². The third-order valence-corrected chi connectivity index (χ3v) is 4.56. The molecule has 0 unspecified atom stereocenters. The van der Waals surface area contributed by atoms with Gasteiger partial charge in [-0.05, 0) is 17.5 Å². The fourth-order valence-corrected chi connectivity index (χ4v) is 3.08. The smallest absolute Gasteiger partial charge is 0.258 e. The molecule has 3 heterocycles. The third kappa shape index (κ3) is 3.74. The van der Waals surface area contributed by atoms with Gasteiger partial charge in [0.05, 0.1) is 23.6 Å². The summed E-state index contributed by atoms with van der Waals surface area (Å²) in [5.41, 5.74) is 9.09. The van der Waals surface area contributed by atoms with Crippen molar-refractivity contribution in [1.29, 1.82) is 5.53 Å². The number of aromatic nitrogens is 3. The van der Waals surface area contributed by atoms with E-state index in [1.54, 1.807) is 18.5 Å². The van der Waals surface area contributed by atoms with E-state index in [0.29, 0.717) is 17.2 Å². The summed E-state index contributed by atoms with van der Waals surface area (Å²) >= 11 is 0. The molecule has 1 aliphatic rings. The number of H-pyrrole nitrogens is 1. The van der Waals surface area contributed by atoms with E-state index in [1.807, 2.05) is 24.3 Å². The van der Waals surface area contributed by atoms with Crippen molar-refractivity contribution in [3.05, 3.63) is 64.8 Å². The summed E-state index contributed by atoms with van der Waals surface area (Å²) in [5.74, 6) is 0.687. The van der Waals surface area contributed by atoms with Crippen LogP contribution >= 0.6 is 0 Å². The second-order valence-corrected chi connectivity index (χ2v) is 6.39. The van der Waals surface area contributed by atoms with Crippen LogP contribution in [0, 0.1) is 5.53 Å². The van der Waals surface area contributed by atoms with E-state index in [4.69, 9.17) is 5.53 Å². The second-order valence-electron chi connectivity index (χ2n) is 6.39. The number of rotatable bonds is 5. The van der Waals surface area contributed by atoms with Crippen LogP contribution in [0.2, 0.25) is 0 Å². The molecule has 0 atom stereocenters. The summed E-state index contributed by atoms with van der Waals surface area (Å²) in [4.78, 5) is 26.1. The molecular formula is C19H20N8O. The third-order valence-electron chi connectivity index (χ3n) is 4.56. The summed E-state index contributed by atoms with van der Waals surface area (Å²) in [7, 11) is 0. The number of pyridine rings is 1. The molecule has 0 amide bonds. The predicted octanol–water partition coefficient (Wildman–Crippen LogP) is 2.17. The summed E-state index contributed by atoms with van der Waals surface area (Å²) in [6.07, 6.45) is 4.86. The molecule has 28 heavy (non-hydrogen) atoms. The number of para-hydroxylation sites is 1. The number of benzene rings is 1. The summed E-state index contributed by atoms with van der Waals surface area (Å²) in [5, 5.41) is 10.7. The van der Waals surface area contributed by atoms with Crippen molar-refractivity contribution in [2.45, 2.75) is 0 Å². The van der Waals surface area contributed by atoms with Crippen molar-refractivity contribution in [3.8, 4) is 0 Å². The van der Waals surface area contributed by atoms with Crippen molar-refractivity contribution < 1.29 is 0 Å². The van der Waals surface area contributed by atoms with Crippen molar-refractivity contribution in [2.75, 3.05) is 36.4 Å². The first kappa shape index (κ1) is 17.8. The van der Waals surface area contributed by atoms with Gasteiger partial charge in [0, 0.05) is 37.9 Å². The van der Waals surface area contributed by atoms with E-state index < -0.39 is 0 Å². The van der Waals surface area contributed by atoms with Crippen LogP contribution in [0.5, 0.6) is 0 Å². The maximum atomic E-state index is 12.4. The van der Waals surface area contributed by atoms with Gasteiger partial charge in [-0.25, -0.2) is 15.5 Å². The van der Waals surface area contributed by atoms with Gasteiger partial charge in [0.15, 0.2) is 0 Å². The highest BCUT2D eigenvalue weighted by atomic mass is 16.1. The molecule has 0 aliphatic carbocycles. The Hall–Kier alpha value is -3.59. The molecule has 1 fully saturated rings. The van der Waals surface area contributed by atoms with Crippen LogP contribution in [0.3, 0.4) is 0 Å². The minimum Gasteiger partial charge on any atom is -0.357 e. The van der Waals surface area contributed by atoms with Crippen LogP contribution in [-0.2, 0) is 0 Å². The molecule has 0 saturated carbocycles. The molecule has 142 valence electrons. The van der Waals surface area contributed by atoms with E-state index in [9.17, 15) is 4.79 Å². The highest BCUT2D eigenvalue weighted by molar-refractivity contribution is 5.82. The van der Waals surface area contributed by atoms with Crippen LogP contribution in [-0.4, -0.2) is 41.1 Å². The molecule has 4 rings (SSSR count). The minimum absolute atomic E-state index is 0.221. The average molecular weight is 376 g/mol. The van der Waals surface area contributed by atoms with E-state index >= 15 is 0 Å². The van der Waals surface area contributed by atoms with Gasteiger partial charge in [-0.15, -0.1) is 0 Å². The maximum absolute atomic E-state index is 12.4. The summed E-state index contributed by atoms with van der Waals surface area (Å²) in [6.45, 7) is 3.58. The zero-order valence-electron chi connectivity index (χ0n) is 15.1. The molecule has 4 N–H and O–H groups in total. The highest BCUT2D eigenvalue weighted by Crippen LogP contribution is 2.18. The standard InChI is InChI=1S/C19H20N8O/c20-26-17(15-9-13-3-1-2-4-16(13)25-18(15)28)12-22-14-10-23-19(24-11-14)27-7-5-21-6-8-27/h1-4,9-12,20-22H,5-8H2,(H,25,28)/b17-12-,26-20?. The lowest BCUT2D eigenvalue weighted by molar-refractivity contribution is 0.580. The normalized spacial score (nSPS) is 14.9. The fraction of sp³-hybridized carbons (Fsp3) is 0.211. The van der Waals surface area contributed by atoms with E-state index in [2.05, 4.69) is 35.6 Å². The Morgan fingerprint density at radius 3 is 2.71 bits per heavy atom. The van der Waals surface area contributed by atoms with Crippen molar-refractivity contribution in [1.82, 2.24) is 20.3 Å². The second kappa shape index (κ2) is 7.97. The van der Waals surface area contributed by atoms with E-state index in [1.165, 1.54) is 6.20 Å². The molecule has 0 bridgehead atoms. The number of aromatic amines is 1. The number of hydrogen-bond donors (Lipinski definition) is 4. The van der Waals surface area contributed by atoms with Gasteiger partial charge >= 0.3 is 0 Å².